The summed E-state index contributed by atoms with van der Waals surface area (Å²) < 4.78 is 0. The Morgan fingerprint density at radius 2 is 2.26 bits per heavy atom. The molecule has 19 heavy (non-hydrogen) atoms. The molecule has 1 aliphatic heterocycles. The van der Waals surface area contributed by atoms with E-state index in [1.165, 1.54) is 6.07 Å². The van der Waals surface area contributed by atoms with Gasteiger partial charge in [-0.1, -0.05) is 6.92 Å². The number of rotatable bonds is 4. The molecule has 5 nitrogen and oxygen atoms in total. The summed E-state index contributed by atoms with van der Waals surface area (Å²) >= 11 is 0. The van der Waals surface area contributed by atoms with Gasteiger partial charge in [0.15, 0.2) is 5.69 Å². The molecule has 1 amide bonds. The molecular formula is C14H21N3O2. The number of nitrogens with one attached hydrogen (secondary N) is 1. The van der Waals surface area contributed by atoms with E-state index in [0.29, 0.717) is 6.54 Å². The number of hydrogen-bond donors (Lipinski definition) is 2. The zero-order valence-corrected chi connectivity index (χ0v) is 11.3. The van der Waals surface area contributed by atoms with E-state index in [9.17, 15) is 9.90 Å². The van der Waals surface area contributed by atoms with Gasteiger partial charge in [-0.05, 0) is 44.5 Å². The maximum Gasteiger partial charge on any atom is 0.276 e. The summed E-state index contributed by atoms with van der Waals surface area (Å²) in [6, 6.07) is 3.38. The maximum absolute atomic E-state index is 12.5. The van der Waals surface area contributed by atoms with Gasteiger partial charge in [-0.2, -0.15) is 0 Å². The molecule has 0 spiro atoms. The van der Waals surface area contributed by atoms with Crippen molar-refractivity contribution in [1.82, 2.24) is 15.2 Å². The number of carbonyl (C=O) groups is 1. The van der Waals surface area contributed by atoms with Crippen molar-refractivity contribution in [1.29, 1.82) is 0 Å². The summed E-state index contributed by atoms with van der Waals surface area (Å²) in [5.41, 5.74) is 0.162. The predicted molar refractivity (Wildman–Crippen MR) is 73.1 cm³/mol. The van der Waals surface area contributed by atoms with E-state index in [1.807, 2.05) is 4.90 Å². The molecule has 0 atom stereocenters. The number of carbonyl (C=O) groups excluding carboxylic acids is 1. The fourth-order valence-electron chi connectivity index (χ4n) is 2.51. The first-order chi connectivity index (χ1) is 9.24. The number of nitrogens with zero attached hydrogens (tertiary/aromatic N) is 2. The highest BCUT2D eigenvalue weighted by Crippen LogP contribution is 2.20. The standard InChI is InChI=1S/C14H21N3O2/c1-2-10-17(11-5-8-15-9-6-11)14(19)13-12(18)4-3-7-16-13/h3-4,7,11,15,18H,2,5-6,8-10H2,1H3. The van der Waals surface area contributed by atoms with Crippen LogP contribution in [-0.4, -0.2) is 46.6 Å². The fourth-order valence-corrected chi connectivity index (χ4v) is 2.51. The molecule has 1 aromatic heterocycles. The monoisotopic (exact) mass is 263 g/mol. The summed E-state index contributed by atoms with van der Waals surface area (Å²) in [7, 11) is 0. The average molecular weight is 263 g/mol. The van der Waals surface area contributed by atoms with Gasteiger partial charge in [-0.25, -0.2) is 4.98 Å². The van der Waals surface area contributed by atoms with E-state index in [1.54, 1.807) is 12.3 Å². The molecule has 2 rings (SSSR count). The van der Waals surface area contributed by atoms with Gasteiger partial charge in [0.1, 0.15) is 5.75 Å². The third-order valence-corrected chi connectivity index (χ3v) is 3.46. The van der Waals surface area contributed by atoms with Gasteiger partial charge in [0.05, 0.1) is 0 Å². The van der Waals surface area contributed by atoms with E-state index in [4.69, 9.17) is 0 Å². The predicted octanol–water partition coefficient (Wildman–Crippen LogP) is 1.39. The quantitative estimate of drug-likeness (QED) is 0.861. The number of pyridine rings is 1. The van der Waals surface area contributed by atoms with Crippen molar-refractivity contribution < 1.29 is 9.90 Å². The van der Waals surface area contributed by atoms with Crippen molar-refractivity contribution in [2.24, 2.45) is 0 Å². The number of amides is 1. The Kier molecular flexibility index (Phi) is 4.74. The summed E-state index contributed by atoms with van der Waals surface area (Å²) in [4.78, 5) is 18.4. The molecule has 5 heteroatoms. The molecule has 0 aromatic carbocycles. The molecule has 0 bridgehead atoms. The van der Waals surface area contributed by atoms with E-state index < -0.39 is 0 Å². The zero-order chi connectivity index (χ0) is 13.7. The highest BCUT2D eigenvalue weighted by molar-refractivity contribution is 5.95. The number of hydrogen-bond acceptors (Lipinski definition) is 4. The van der Waals surface area contributed by atoms with Crippen LogP contribution in [-0.2, 0) is 0 Å². The van der Waals surface area contributed by atoms with Crippen molar-refractivity contribution >= 4 is 5.91 Å². The molecule has 0 radical (unpaired) electrons. The van der Waals surface area contributed by atoms with Gasteiger partial charge in [0.2, 0.25) is 0 Å². The highest BCUT2D eigenvalue weighted by atomic mass is 16.3. The first-order valence-electron chi connectivity index (χ1n) is 6.89. The first kappa shape index (κ1) is 13.8. The first-order valence-corrected chi connectivity index (χ1v) is 6.89. The van der Waals surface area contributed by atoms with Gasteiger partial charge >= 0.3 is 0 Å². The second-order valence-corrected chi connectivity index (χ2v) is 4.85. The van der Waals surface area contributed by atoms with Gasteiger partial charge < -0.3 is 15.3 Å². The lowest BCUT2D eigenvalue weighted by molar-refractivity contribution is 0.0633. The van der Waals surface area contributed by atoms with Crippen molar-refractivity contribution in [2.75, 3.05) is 19.6 Å². The molecule has 0 aliphatic carbocycles. The highest BCUT2D eigenvalue weighted by Gasteiger charge is 2.27. The third kappa shape index (κ3) is 3.23. The van der Waals surface area contributed by atoms with Gasteiger partial charge in [0.25, 0.3) is 5.91 Å². The summed E-state index contributed by atoms with van der Waals surface area (Å²) in [5.74, 6) is -0.200. The van der Waals surface area contributed by atoms with Crippen LogP contribution in [0.1, 0.15) is 36.7 Å². The van der Waals surface area contributed by atoms with Crippen LogP contribution >= 0.6 is 0 Å². The summed E-state index contributed by atoms with van der Waals surface area (Å²) in [6.07, 6.45) is 4.36. The lowest BCUT2D eigenvalue weighted by Gasteiger charge is -2.34. The topological polar surface area (TPSA) is 65.5 Å². The van der Waals surface area contributed by atoms with E-state index in [-0.39, 0.29) is 23.4 Å². The molecular weight excluding hydrogens is 242 g/mol. The van der Waals surface area contributed by atoms with E-state index >= 15 is 0 Å². The summed E-state index contributed by atoms with van der Waals surface area (Å²) in [5, 5.41) is 13.1. The van der Waals surface area contributed by atoms with Crippen molar-refractivity contribution in [3.63, 3.8) is 0 Å². The maximum atomic E-state index is 12.5. The van der Waals surface area contributed by atoms with Crippen LogP contribution in [0.15, 0.2) is 18.3 Å². The minimum atomic E-state index is -0.160. The summed E-state index contributed by atoms with van der Waals surface area (Å²) in [6.45, 7) is 4.64. The number of piperidine rings is 1. The molecule has 104 valence electrons. The Balaban J connectivity index is 2.18. The minimum absolute atomic E-state index is 0.0393. The average Bonchev–Trinajstić information content (AvgIpc) is 2.45. The van der Waals surface area contributed by atoms with E-state index in [2.05, 4.69) is 17.2 Å². The van der Waals surface area contributed by atoms with Crippen LogP contribution in [0.25, 0.3) is 0 Å². The Morgan fingerprint density at radius 3 is 2.89 bits per heavy atom. The molecule has 0 unspecified atom stereocenters. The van der Waals surface area contributed by atoms with Crippen LogP contribution in [0.5, 0.6) is 5.75 Å². The molecule has 1 fully saturated rings. The van der Waals surface area contributed by atoms with E-state index in [0.717, 1.165) is 32.4 Å². The van der Waals surface area contributed by atoms with Crippen LogP contribution in [0.4, 0.5) is 0 Å². The molecule has 1 saturated heterocycles. The number of aromatic nitrogens is 1. The fraction of sp³-hybridized carbons (Fsp3) is 0.571. The molecule has 1 aromatic rings. The normalized spacial score (nSPS) is 16.3. The molecule has 2 heterocycles. The van der Waals surface area contributed by atoms with Gasteiger partial charge in [-0.3, -0.25) is 4.79 Å². The molecule has 1 aliphatic rings. The zero-order valence-electron chi connectivity index (χ0n) is 11.3. The smallest absolute Gasteiger partial charge is 0.276 e. The largest absolute Gasteiger partial charge is 0.505 e. The molecule has 2 N–H and O–H groups in total. The Morgan fingerprint density at radius 1 is 1.53 bits per heavy atom. The Labute approximate surface area is 113 Å². The third-order valence-electron chi connectivity index (χ3n) is 3.46. The van der Waals surface area contributed by atoms with Crippen LogP contribution in [0, 0.1) is 0 Å². The van der Waals surface area contributed by atoms with Crippen molar-refractivity contribution in [2.45, 2.75) is 32.2 Å². The molecule has 0 saturated carbocycles. The minimum Gasteiger partial charge on any atom is -0.505 e. The van der Waals surface area contributed by atoms with Crippen LogP contribution in [0.2, 0.25) is 0 Å². The second kappa shape index (κ2) is 6.52. The van der Waals surface area contributed by atoms with Crippen molar-refractivity contribution in [3.05, 3.63) is 24.0 Å². The Bertz CT molecular complexity index is 430. The van der Waals surface area contributed by atoms with Crippen LogP contribution in [0.3, 0.4) is 0 Å². The Hall–Kier alpha value is -1.62. The van der Waals surface area contributed by atoms with Gasteiger partial charge in [-0.15, -0.1) is 0 Å². The van der Waals surface area contributed by atoms with Crippen LogP contribution < -0.4 is 5.32 Å². The second-order valence-electron chi connectivity index (χ2n) is 4.85. The SMILES string of the molecule is CCCN(C(=O)c1ncccc1O)C1CCNCC1. The van der Waals surface area contributed by atoms with Crippen molar-refractivity contribution in [3.8, 4) is 5.75 Å². The number of aromatic hydroxyl groups is 1. The lowest BCUT2D eigenvalue weighted by Crippen LogP contribution is -2.46. The van der Waals surface area contributed by atoms with Gasteiger partial charge in [0, 0.05) is 18.8 Å². The lowest BCUT2D eigenvalue weighted by atomic mass is 10.0.